The summed E-state index contributed by atoms with van der Waals surface area (Å²) in [5.74, 6) is 1.15. The third-order valence-electron chi connectivity index (χ3n) is 7.74. The fourth-order valence-electron chi connectivity index (χ4n) is 5.59. The predicted octanol–water partition coefficient (Wildman–Crippen LogP) is 8.23. The molecule has 164 valence electrons. The Hall–Kier alpha value is -1.02. The lowest BCUT2D eigenvalue weighted by atomic mass is 9.75. The first-order valence-corrected chi connectivity index (χ1v) is 12.7. The summed E-state index contributed by atoms with van der Waals surface area (Å²) in [4.78, 5) is 6.25. The Bertz CT molecular complexity index is 627. The lowest BCUT2D eigenvalue weighted by Gasteiger charge is -2.30. The van der Waals surface area contributed by atoms with Gasteiger partial charge >= 0.3 is 0 Å². The third-order valence-corrected chi connectivity index (χ3v) is 7.74. The summed E-state index contributed by atoms with van der Waals surface area (Å²) in [5.41, 5.74) is 6.78. The third kappa shape index (κ3) is 5.78. The smallest absolute Gasteiger partial charge is 0.155 e. The van der Waals surface area contributed by atoms with Crippen LogP contribution in [0.5, 0.6) is 5.75 Å². The van der Waals surface area contributed by atoms with Crippen molar-refractivity contribution in [3.8, 4) is 5.75 Å². The molecule has 29 heavy (non-hydrogen) atoms. The fourth-order valence-corrected chi connectivity index (χ4v) is 5.59. The van der Waals surface area contributed by atoms with Crippen molar-refractivity contribution in [2.45, 2.75) is 129 Å². The van der Waals surface area contributed by atoms with Gasteiger partial charge in [0.2, 0.25) is 0 Å². The van der Waals surface area contributed by atoms with Gasteiger partial charge < -0.3 is 4.84 Å². The highest BCUT2D eigenvalue weighted by molar-refractivity contribution is 5.48. The summed E-state index contributed by atoms with van der Waals surface area (Å²) >= 11 is 0. The second kappa shape index (κ2) is 10.8. The average molecular weight is 400 g/mol. The molecule has 2 atom stereocenters. The molecule has 0 amide bonds. The minimum absolute atomic E-state index is 0.0220. The van der Waals surface area contributed by atoms with E-state index in [4.69, 9.17) is 4.84 Å². The van der Waals surface area contributed by atoms with Gasteiger partial charge in [0.05, 0.1) is 5.54 Å². The van der Waals surface area contributed by atoms with Crippen molar-refractivity contribution in [1.29, 1.82) is 0 Å². The summed E-state index contributed by atoms with van der Waals surface area (Å²) in [6.45, 7) is 7.17. The number of hydrogen-bond donors (Lipinski definition) is 1. The minimum atomic E-state index is 0.0220. The number of rotatable bonds is 3. The zero-order valence-electron chi connectivity index (χ0n) is 19.5. The van der Waals surface area contributed by atoms with E-state index in [9.17, 15) is 0 Å². The molecule has 2 nitrogen and oxygen atoms in total. The van der Waals surface area contributed by atoms with Crippen LogP contribution in [-0.4, -0.2) is 0 Å². The standard InChI is InChI=1S/C27H45NO/c1-4-19-27-21-15-13-11-9-7-6-8-10-12-14-20-26(3,5-2)22-23-17-16-18-24(27)25(23)29-28-27/h16-18,28H,4-15,19-22H2,1-3H3. The van der Waals surface area contributed by atoms with E-state index in [1.807, 2.05) is 0 Å². The van der Waals surface area contributed by atoms with Crippen LogP contribution in [0, 0.1) is 5.41 Å². The highest BCUT2D eigenvalue weighted by Gasteiger charge is 2.41. The van der Waals surface area contributed by atoms with Crippen LogP contribution < -0.4 is 10.3 Å². The summed E-state index contributed by atoms with van der Waals surface area (Å²) in [7, 11) is 0. The van der Waals surface area contributed by atoms with Crippen molar-refractivity contribution in [2.75, 3.05) is 0 Å². The van der Waals surface area contributed by atoms with Crippen LogP contribution in [0.15, 0.2) is 18.2 Å². The number of para-hydroxylation sites is 1. The number of hydroxylamine groups is 1. The lowest BCUT2D eigenvalue weighted by molar-refractivity contribution is 0.109. The predicted molar refractivity (Wildman–Crippen MR) is 124 cm³/mol. The molecule has 3 rings (SSSR count). The van der Waals surface area contributed by atoms with Crippen LogP contribution in [0.25, 0.3) is 0 Å². The molecule has 4 bridgehead atoms. The maximum Gasteiger partial charge on any atom is 0.155 e. The normalized spacial score (nSPS) is 29.6. The Kier molecular flexibility index (Phi) is 8.47. The summed E-state index contributed by atoms with van der Waals surface area (Å²) < 4.78 is 0. The molecule has 0 saturated carbocycles. The van der Waals surface area contributed by atoms with Gasteiger partial charge in [0, 0.05) is 5.56 Å². The zero-order chi connectivity index (χ0) is 20.6. The Morgan fingerprint density at radius 3 is 2.10 bits per heavy atom. The molecule has 1 aromatic rings. The average Bonchev–Trinajstić information content (AvgIpc) is 3.08. The first kappa shape index (κ1) is 22.7. The van der Waals surface area contributed by atoms with Crippen molar-refractivity contribution in [1.82, 2.24) is 5.48 Å². The molecule has 2 aliphatic rings. The molecule has 0 spiro atoms. The molecule has 1 aliphatic heterocycles. The SMILES string of the molecule is CCCC12CCCCCCCCCCCCC(C)(CC)Cc3cccc1c3ON2. The molecule has 0 aromatic heterocycles. The van der Waals surface area contributed by atoms with Gasteiger partial charge in [-0.15, -0.1) is 5.48 Å². The molecule has 1 N–H and O–H groups in total. The van der Waals surface area contributed by atoms with Gasteiger partial charge in [-0.2, -0.15) is 0 Å². The van der Waals surface area contributed by atoms with Crippen molar-refractivity contribution in [2.24, 2.45) is 5.41 Å². The van der Waals surface area contributed by atoms with E-state index in [-0.39, 0.29) is 5.54 Å². The maximum absolute atomic E-state index is 6.25. The topological polar surface area (TPSA) is 21.3 Å². The highest BCUT2D eigenvalue weighted by atomic mass is 16.7. The van der Waals surface area contributed by atoms with E-state index in [1.165, 1.54) is 101 Å². The molecule has 0 saturated heterocycles. The van der Waals surface area contributed by atoms with E-state index in [0.29, 0.717) is 5.41 Å². The minimum Gasteiger partial charge on any atom is -0.407 e. The van der Waals surface area contributed by atoms with Crippen LogP contribution in [0.1, 0.15) is 128 Å². The Labute approximate surface area is 180 Å². The zero-order valence-corrected chi connectivity index (χ0v) is 19.5. The monoisotopic (exact) mass is 399 g/mol. The van der Waals surface area contributed by atoms with E-state index >= 15 is 0 Å². The molecular weight excluding hydrogens is 354 g/mol. The van der Waals surface area contributed by atoms with Crippen LogP contribution in [0.3, 0.4) is 0 Å². The van der Waals surface area contributed by atoms with Crippen molar-refractivity contribution in [3.05, 3.63) is 29.3 Å². The second-order valence-corrected chi connectivity index (χ2v) is 10.2. The lowest BCUT2D eigenvalue weighted by Crippen LogP contribution is -2.38. The van der Waals surface area contributed by atoms with Gasteiger partial charge in [0.15, 0.2) is 5.75 Å². The van der Waals surface area contributed by atoms with Gasteiger partial charge in [0.1, 0.15) is 0 Å². The number of benzene rings is 1. The first-order chi connectivity index (χ1) is 14.1. The van der Waals surface area contributed by atoms with Gasteiger partial charge in [-0.25, -0.2) is 0 Å². The summed E-state index contributed by atoms with van der Waals surface area (Å²) in [5, 5.41) is 0. The van der Waals surface area contributed by atoms with Crippen LogP contribution in [0.2, 0.25) is 0 Å². The molecule has 1 aromatic carbocycles. The van der Waals surface area contributed by atoms with Crippen molar-refractivity contribution >= 4 is 0 Å². The van der Waals surface area contributed by atoms with Gasteiger partial charge in [-0.1, -0.05) is 116 Å². The second-order valence-electron chi connectivity index (χ2n) is 10.2. The Morgan fingerprint density at radius 1 is 0.862 bits per heavy atom. The molecule has 1 aliphatic carbocycles. The largest absolute Gasteiger partial charge is 0.407 e. The van der Waals surface area contributed by atoms with Crippen LogP contribution >= 0.6 is 0 Å². The molecular formula is C27H45NO. The van der Waals surface area contributed by atoms with E-state index < -0.39 is 0 Å². The maximum atomic E-state index is 6.25. The van der Waals surface area contributed by atoms with Crippen LogP contribution in [-0.2, 0) is 12.0 Å². The summed E-state index contributed by atoms with van der Waals surface area (Å²) in [6, 6.07) is 6.92. The highest BCUT2D eigenvalue weighted by Crippen LogP contribution is 2.46. The Morgan fingerprint density at radius 2 is 1.48 bits per heavy atom. The van der Waals surface area contributed by atoms with Crippen molar-refractivity contribution in [3.63, 3.8) is 0 Å². The molecule has 0 fully saturated rings. The molecule has 2 unspecified atom stereocenters. The number of hydrogen-bond acceptors (Lipinski definition) is 2. The van der Waals surface area contributed by atoms with E-state index in [1.54, 1.807) is 0 Å². The quantitative estimate of drug-likeness (QED) is 0.552. The fraction of sp³-hybridized carbons (Fsp3) is 0.778. The van der Waals surface area contributed by atoms with E-state index in [2.05, 4.69) is 44.5 Å². The Balaban J connectivity index is 1.84. The van der Waals surface area contributed by atoms with Crippen LogP contribution in [0.4, 0.5) is 0 Å². The molecule has 1 heterocycles. The van der Waals surface area contributed by atoms with Gasteiger partial charge in [0.25, 0.3) is 0 Å². The van der Waals surface area contributed by atoms with Crippen molar-refractivity contribution < 1.29 is 4.84 Å². The summed E-state index contributed by atoms with van der Waals surface area (Å²) in [6.07, 6.45) is 21.2. The van der Waals surface area contributed by atoms with Gasteiger partial charge in [-0.3, -0.25) is 0 Å². The molecule has 0 radical (unpaired) electrons. The molecule has 2 heteroatoms. The number of nitrogens with one attached hydrogen (secondary N) is 1. The van der Waals surface area contributed by atoms with Gasteiger partial charge in [-0.05, 0) is 36.7 Å². The van der Waals surface area contributed by atoms with E-state index in [0.717, 1.165) is 18.6 Å². The first-order valence-electron chi connectivity index (χ1n) is 12.7.